The van der Waals surface area contributed by atoms with Gasteiger partial charge in [0, 0.05) is 12.1 Å². The molecule has 0 aliphatic carbocycles. The Morgan fingerprint density at radius 2 is 2.18 bits per heavy atom. The van der Waals surface area contributed by atoms with Gasteiger partial charge in [-0.25, -0.2) is 0 Å². The van der Waals surface area contributed by atoms with Crippen LogP contribution in [0.1, 0.15) is 5.69 Å². The molecular weight excluding hydrogens is 134 g/mol. The summed E-state index contributed by atoms with van der Waals surface area (Å²) in [6, 6.07) is 6.05. The molecule has 1 nitrogen and oxygen atoms in total. The van der Waals surface area contributed by atoms with Gasteiger partial charge in [-0.2, -0.15) is 4.57 Å². The molecule has 0 saturated carbocycles. The zero-order valence-corrected chi connectivity index (χ0v) is 6.53. The fourth-order valence-electron chi connectivity index (χ4n) is 0.990. The van der Waals surface area contributed by atoms with Crippen molar-refractivity contribution in [3.05, 3.63) is 49.3 Å². The van der Waals surface area contributed by atoms with Gasteiger partial charge in [-0.15, -0.1) is 6.58 Å². The van der Waals surface area contributed by atoms with E-state index in [-0.39, 0.29) is 0 Å². The van der Waals surface area contributed by atoms with E-state index in [0.717, 1.165) is 6.42 Å². The van der Waals surface area contributed by atoms with E-state index in [1.165, 1.54) is 5.69 Å². The lowest BCUT2D eigenvalue weighted by Gasteiger charge is -1.93. The molecule has 11 heavy (non-hydrogen) atoms. The minimum atomic E-state index is 0.882. The fourth-order valence-corrected chi connectivity index (χ4v) is 0.990. The molecule has 0 radical (unpaired) electrons. The van der Waals surface area contributed by atoms with Gasteiger partial charge in [-0.1, -0.05) is 12.1 Å². The number of allylic oxidation sites excluding steroid dienone is 1. The molecule has 1 aromatic rings. The van der Waals surface area contributed by atoms with E-state index in [4.69, 9.17) is 0 Å². The van der Waals surface area contributed by atoms with Crippen molar-refractivity contribution in [2.45, 2.75) is 6.42 Å². The molecule has 1 aromatic heterocycles. The van der Waals surface area contributed by atoms with Crippen LogP contribution >= 0.6 is 0 Å². The first-order valence-electron chi connectivity index (χ1n) is 3.61. The Hall–Kier alpha value is -1.37. The van der Waals surface area contributed by atoms with Crippen molar-refractivity contribution in [3.8, 4) is 0 Å². The quantitative estimate of drug-likeness (QED) is 0.452. The first-order chi connectivity index (χ1) is 5.38. The lowest BCUT2D eigenvalue weighted by Crippen LogP contribution is -2.29. The molecule has 0 unspecified atom stereocenters. The monoisotopic (exact) mass is 146 g/mol. The molecule has 0 fully saturated rings. The molecule has 0 spiro atoms. The van der Waals surface area contributed by atoms with E-state index in [0.29, 0.717) is 0 Å². The van der Waals surface area contributed by atoms with Gasteiger partial charge in [0.25, 0.3) is 0 Å². The predicted octanol–water partition coefficient (Wildman–Crippen LogP) is 1.80. The highest BCUT2D eigenvalue weighted by molar-refractivity contribution is 5.07. The standard InChI is InChI=1S/C10H12N/c1-3-7-10-8-5-6-9-11(10)4-2/h3-6,8-9H,1-2,7H2/q+1. The van der Waals surface area contributed by atoms with Crippen LogP contribution in [0.3, 0.4) is 0 Å². The Morgan fingerprint density at radius 3 is 2.82 bits per heavy atom. The summed E-state index contributed by atoms with van der Waals surface area (Å²) in [5.74, 6) is 0. The van der Waals surface area contributed by atoms with E-state index in [1.807, 2.05) is 29.0 Å². The van der Waals surface area contributed by atoms with Crippen LogP contribution in [0.15, 0.2) is 43.6 Å². The number of nitrogens with zero attached hydrogens (tertiary/aromatic N) is 1. The Bertz CT molecular complexity index is 263. The molecule has 1 heterocycles. The van der Waals surface area contributed by atoms with Crippen molar-refractivity contribution in [3.63, 3.8) is 0 Å². The predicted molar refractivity (Wildman–Crippen MR) is 46.9 cm³/mol. The third kappa shape index (κ3) is 1.77. The summed E-state index contributed by atoms with van der Waals surface area (Å²) in [5.41, 5.74) is 1.21. The van der Waals surface area contributed by atoms with Crippen LogP contribution in [0.4, 0.5) is 0 Å². The van der Waals surface area contributed by atoms with Gasteiger partial charge in [0.2, 0.25) is 0 Å². The van der Waals surface area contributed by atoms with Crippen molar-refractivity contribution in [2.75, 3.05) is 0 Å². The second kappa shape index (κ2) is 3.71. The summed E-state index contributed by atoms with van der Waals surface area (Å²) in [4.78, 5) is 0. The normalized spacial score (nSPS) is 9.09. The highest BCUT2D eigenvalue weighted by Crippen LogP contribution is 1.92. The fraction of sp³-hybridized carbons (Fsp3) is 0.100. The molecular formula is C10H12N+. The summed E-state index contributed by atoms with van der Waals surface area (Å²) in [5, 5.41) is 0. The van der Waals surface area contributed by atoms with Gasteiger partial charge in [0.05, 0.1) is 6.42 Å². The van der Waals surface area contributed by atoms with Crippen LogP contribution in [0.2, 0.25) is 0 Å². The maximum atomic E-state index is 3.70. The molecule has 0 aliphatic rings. The smallest absolute Gasteiger partial charge is 0.171 e. The molecule has 0 saturated heterocycles. The van der Waals surface area contributed by atoms with Crippen molar-refractivity contribution < 1.29 is 4.57 Å². The average Bonchev–Trinajstić information content (AvgIpc) is 2.06. The lowest BCUT2D eigenvalue weighted by molar-refractivity contribution is -0.576. The molecule has 0 amide bonds. The molecule has 0 bridgehead atoms. The molecule has 1 rings (SSSR count). The van der Waals surface area contributed by atoms with Gasteiger partial charge in [0.1, 0.15) is 0 Å². The minimum absolute atomic E-state index is 0.882. The number of aromatic nitrogens is 1. The topological polar surface area (TPSA) is 3.88 Å². The number of hydrogen-bond donors (Lipinski definition) is 0. The van der Waals surface area contributed by atoms with E-state index < -0.39 is 0 Å². The Labute approximate surface area is 67.3 Å². The van der Waals surface area contributed by atoms with Crippen molar-refractivity contribution in [1.29, 1.82) is 0 Å². The van der Waals surface area contributed by atoms with Gasteiger partial charge >= 0.3 is 0 Å². The minimum Gasteiger partial charge on any atom is -0.171 e. The van der Waals surface area contributed by atoms with Crippen molar-refractivity contribution in [1.82, 2.24) is 0 Å². The average molecular weight is 146 g/mol. The zero-order valence-electron chi connectivity index (χ0n) is 6.53. The molecule has 56 valence electrons. The second-order valence-electron chi connectivity index (χ2n) is 2.27. The third-order valence-corrected chi connectivity index (χ3v) is 1.53. The van der Waals surface area contributed by atoms with Gasteiger partial charge < -0.3 is 0 Å². The number of rotatable bonds is 3. The van der Waals surface area contributed by atoms with Crippen LogP contribution < -0.4 is 4.57 Å². The van der Waals surface area contributed by atoms with Gasteiger partial charge in [-0.3, -0.25) is 0 Å². The third-order valence-electron chi connectivity index (χ3n) is 1.53. The summed E-state index contributed by atoms with van der Waals surface area (Å²) < 4.78 is 1.99. The SMILES string of the molecule is C=CCc1cccc[n+]1C=C. The van der Waals surface area contributed by atoms with Crippen LogP contribution in [0, 0.1) is 0 Å². The van der Waals surface area contributed by atoms with Gasteiger partial charge in [0.15, 0.2) is 18.1 Å². The highest BCUT2D eigenvalue weighted by atomic mass is 14.9. The molecule has 0 aromatic carbocycles. The van der Waals surface area contributed by atoms with Crippen LogP contribution in [0.25, 0.3) is 6.20 Å². The number of pyridine rings is 1. The summed E-state index contributed by atoms with van der Waals surface area (Å²) in [6.07, 6.45) is 6.53. The first-order valence-corrected chi connectivity index (χ1v) is 3.61. The van der Waals surface area contributed by atoms with Crippen LogP contribution in [-0.4, -0.2) is 0 Å². The Balaban J connectivity index is 3.01. The van der Waals surface area contributed by atoms with Crippen LogP contribution in [0.5, 0.6) is 0 Å². The molecule has 0 N–H and O–H groups in total. The van der Waals surface area contributed by atoms with E-state index in [2.05, 4.69) is 19.2 Å². The van der Waals surface area contributed by atoms with Gasteiger partial charge in [-0.05, 0) is 6.58 Å². The molecule has 1 heteroatoms. The molecule has 0 atom stereocenters. The Morgan fingerprint density at radius 1 is 1.36 bits per heavy atom. The maximum Gasteiger partial charge on any atom is 0.190 e. The Kier molecular flexibility index (Phi) is 2.61. The van der Waals surface area contributed by atoms with E-state index in [1.54, 1.807) is 6.20 Å². The highest BCUT2D eigenvalue weighted by Gasteiger charge is 2.01. The first kappa shape index (κ1) is 7.73. The summed E-state index contributed by atoms with van der Waals surface area (Å²) in [6.45, 7) is 7.39. The van der Waals surface area contributed by atoms with E-state index >= 15 is 0 Å². The maximum absolute atomic E-state index is 3.70. The van der Waals surface area contributed by atoms with E-state index in [9.17, 15) is 0 Å². The second-order valence-corrected chi connectivity index (χ2v) is 2.27. The molecule has 0 aliphatic heterocycles. The summed E-state index contributed by atoms with van der Waals surface area (Å²) >= 11 is 0. The van der Waals surface area contributed by atoms with Crippen molar-refractivity contribution in [2.24, 2.45) is 0 Å². The lowest BCUT2D eigenvalue weighted by atomic mass is 10.2. The largest absolute Gasteiger partial charge is 0.190 e. The zero-order chi connectivity index (χ0) is 8.10. The number of hydrogen-bond acceptors (Lipinski definition) is 0. The van der Waals surface area contributed by atoms with Crippen LogP contribution in [-0.2, 0) is 6.42 Å². The summed E-state index contributed by atoms with van der Waals surface area (Å²) in [7, 11) is 0. The van der Waals surface area contributed by atoms with Crippen molar-refractivity contribution >= 4 is 6.20 Å².